The molecule has 2 aromatic carbocycles. The second-order valence-corrected chi connectivity index (χ2v) is 5.60. The largest absolute Gasteiger partial charge is 0.452 e. The van der Waals surface area contributed by atoms with Crippen molar-refractivity contribution in [1.29, 1.82) is 0 Å². The van der Waals surface area contributed by atoms with Gasteiger partial charge >= 0.3 is 11.9 Å². The smallest absolute Gasteiger partial charge is 0.304 e. The normalized spacial score (nSPS) is 21.9. The molecule has 24 heavy (non-hydrogen) atoms. The van der Waals surface area contributed by atoms with Crippen molar-refractivity contribution in [2.45, 2.75) is 25.6 Å². The van der Waals surface area contributed by atoms with E-state index in [9.17, 15) is 14.4 Å². The lowest BCUT2D eigenvalue weighted by Crippen LogP contribution is -2.42. The summed E-state index contributed by atoms with van der Waals surface area (Å²) in [6, 6.07) is 15.4. The molecule has 0 bridgehead atoms. The molecule has 122 valence electrons. The molecule has 3 rings (SSSR count). The quantitative estimate of drug-likeness (QED) is 0.812. The van der Waals surface area contributed by atoms with Gasteiger partial charge in [-0.3, -0.25) is 14.4 Å². The highest BCUT2D eigenvalue weighted by atomic mass is 16.6. The van der Waals surface area contributed by atoms with E-state index in [1.165, 1.54) is 13.8 Å². The third-order valence-corrected chi connectivity index (χ3v) is 3.99. The van der Waals surface area contributed by atoms with Gasteiger partial charge in [0.25, 0.3) is 0 Å². The van der Waals surface area contributed by atoms with Gasteiger partial charge in [-0.25, -0.2) is 0 Å². The van der Waals surface area contributed by atoms with Crippen molar-refractivity contribution in [3.8, 4) is 0 Å². The Kier molecular flexibility index (Phi) is 3.93. The van der Waals surface area contributed by atoms with Crippen LogP contribution in [-0.4, -0.2) is 17.7 Å². The number of fused-ring (bicyclic) bond motifs is 1. The van der Waals surface area contributed by atoms with Crippen LogP contribution in [0, 0.1) is 0 Å². The number of carbonyl (C=O) groups excluding carboxylic acids is 3. The highest BCUT2D eigenvalue weighted by Crippen LogP contribution is 2.50. The van der Waals surface area contributed by atoms with E-state index in [0.29, 0.717) is 16.7 Å². The maximum Gasteiger partial charge on any atom is 0.304 e. The van der Waals surface area contributed by atoms with Crippen LogP contribution in [0.15, 0.2) is 54.6 Å². The Bertz CT molecular complexity index is 812. The minimum absolute atomic E-state index is 0.383. The molecule has 1 aliphatic carbocycles. The molecule has 0 saturated carbocycles. The van der Waals surface area contributed by atoms with Crippen molar-refractivity contribution >= 4 is 17.7 Å². The number of ether oxygens (including phenoxy) is 2. The summed E-state index contributed by atoms with van der Waals surface area (Å²) in [4.78, 5) is 36.6. The summed E-state index contributed by atoms with van der Waals surface area (Å²) in [7, 11) is 0. The summed E-state index contributed by atoms with van der Waals surface area (Å²) in [5.41, 5.74) is -0.327. The van der Waals surface area contributed by atoms with E-state index in [4.69, 9.17) is 9.47 Å². The molecule has 5 heteroatoms. The number of esters is 2. The highest BCUT2D eigenvalue weighted by molar-refractivity contribution is 6.09. The zero-order chi connectivity index (χ0) is 17.3. The standard InChI is InChI=1S/C19H16O5/c1-12(20)23-18-16-11-7-6-10-15(16)17(22)19(18,24-13(2)21)14-8-4-3-5-9-14/h3-11,18H,1-2H3. The summed E-state index contributed by atoms with van der Waals surface area (Å²) in [6.45, 7) is 2.49. The van der Waals surface area contributed by atoms with Gasteiger partial charge in [0, 0.05) is 30.5 Å². The van der Waals surface area contributed by atoms with Gasteiger partial charge < -0.3 is 9.47 Å². The van der Waals surface area contributed by atoms with Crippen LogP contribution in [0.3, 0.4) is 0 Å². The van der Waals surface area contributed by atoms with Crippen molar-refractivity contribution in [2.75, 3.05) is 0 Å². The van der Waals surface area contributed by atoms with Crippen molar-refractivity contribution in [3.05, 3.63) is 71.3 Å². The van der Waals surface area contributed by atoms with Gasteiger partial charge in [0.1, 0.15) is 0 Å². The van der Waals surface area contributed by atoms with Gasteiger partial charge in [-0.1, -0.05) is 54.6 Å². The SMILES string of the molecule is CC(=O)OC1c2ccccc2C(=O)C1(OC(C)=O)c1ccccc1. The fraction of sp³-hybridized carbons (Fsp3) is 0.211. The highest BCUT2D eigenvalue weighted by Gasteiger charge is 2.59. The molecule has 0 aromatic heterocycles. The maximum absolute atomic E-state index is 13.2. The molecule has 5 nitrogen and oxygen atoms in total. The molecule has 2 atom stereocenters. The zero-order valence-corrected chi connectivity index (χ0v) is 13.3. The molecule has 0 amide bonds. The Morgan fingerprint density at radius 3 is 2.17 bits per heavy atom. The fourth-order valence-electron chi connectivity index (χ4n) is 3.14. The molecule has 0 N–H and O–H groups in total. The first-order valence-electron chi connectivity index (χ1n) is 7.53. The average molecular weight is 324 g/mol. The number of ketones is 1. The molecule has 0 heterocycles. The van der Waals surface area contributed by atoms with Gasteiger partial charge in [0.2, 0.25) is 11.4 Å². The van der Waals surface area contributed by atoms with Crippen LogP contribution in [0.1, 0.15) is 41.4 Å². The first-order chi connectivity index (χ1) is 11.5. The monoisotopic (exact) mass is 324 g/mol. The Balaban J connectivity index is 2.27. The predicted octanol–water partition coefficient (Wildman–Crippen LogP) is 2.95. The summed E-state index contributed by atoms with van der Waals surface area (Å²) in [5.74, 6) is -1.58. The molecule has 0 saturated heterocycles. The van der Waals surface area contributed by atoms with Crippen molar-refractivity contribution in [2.24, 2.45) is 0 Å². The van der Waals surface area contributed by atoms with Gasteiger partial charge in [0.15, 0.2) is 6.10 Å². The molecule has 0 spiro atoms. The van der Waals surface area contributed by atoms with Crippen LogP contribution in [0.5, 0.6) is 0 Å². The number of rotatable bonds is 3. The van der Waals surface area contributed by atoms with E-state index in [1.807, 2.05) is 0 Å². The van der Waals surface area contributed by atoms with Gasteiger partial charge in [-0.15, -0.1) is 0 Å². The Morgan fingerprint density at radius 1 is 0.917 bits per heavy atom. The van der Waals surface area contributed by atoms with Crippen LogP contribution in [0.25, 0.3) is 0 Å². The molecule has 2 aromatic rings. The van der Waals surface area contributed by atoms with Gasteiger partial charge in [-0.05, 0) is 0 Å². The second kappa shape index (κ2) is 5.92. The van der Waals surface area contributed by atoms with Crippen LogP contribution in [0.2, 0.25) is 0 Å². The van der Waals surface area contributed by atoms with E-state index in [-0.39, 0.29) is 0 Å². The van der Waals surface area contributed by atoms with Crippen LogP contribution >= 0.6 is 0 Å². The van der Waals surface area contributed by atoms with Gasteiger partial charge in [-0.2, -0.15) is 0 Å². The molecular formula is C19H16O5. The molecular weight excluding hydrogens is 308 g/mol. The van der Waals surface area contributed by atoms with Crippen molar-refractivity contribution in [3.63, 3.8) is 0 Å². The zero-order valence-electron chi connectivity index (χ0n) is 13.3. The summed E-state index contributed by atoms with van der Waals surface area (Å²) in [6.07, 6.45) is -1.02. The molecule has 0 aliphatic heterocycles. The lowest BCUT2D eigenvalue weighted by atomic mass is 9.87. The van der Waals surface area contributed by atoms with Crippen LogP contribution in [-0.2, 0) is 24.7 Å². The minimum atomic E-state index is -1.71. The molecule has 0 radical (unpaired) electrons. The average Bonchev–Trinajstić information content (AvgIpc) is 2.78. The third kappa shape index (κ3) is 2.38. The lowest BCUT2D eigenvalue weighted by Gasteiger charge is -2.33. The lowest BCUT2D eigenvalue weighted by molar-refractivity contribution is -0.177. The fourth-order valence-corrected chi connectivity index (χ4v) is 3.14. The first-order valence-corrected chi connectivity index (χ1v) is 7.53. The summed E-state index contributed by atoms with van der Waals surface area (Å²) >= 11 is 0. The number of benzene rings is 2. The predicted molar refractivity (Wildman–Crippen MR) is 85.2 cm³/mol. The van der Waals surface area contributed by atoms with Crippen LogP contribution < -0.4 is 0 Å². The summed E-state index contributed by atoms with van der Waals surface area (Å²) < 4.78 is 11.0. The van der Waals surface area contributed by atoms with Crippen LogP contribution in [0.4, 0.5) is 0 Å². The van der Waals surface area contributed by atoms with E-state index in [2.05, 4.69) is 0 Å². The number of carbonyl (C=O) groups is 3. The third-order valence-electron chi connectivity index (χ3n) is 3.99. The Morgan fingerprint density at radius 2 is 1.54 bits per heavy atom. The minimum Gasteiger partial charge on any atom is -0.452 e. The number of hydrogen-bond donors (Lipinski definition) is 0. The molecule has 2 unspecified atom stereocenters. The Hall–Kier alpha value is -2.95. The van der Waals surface area contributed by atoms with E-state index >= 15 is 0 Å². The van der Waals surface area contributed by atoms with Crippen molar-refractivity contribution < 1.29 is 23.9 Å². The van der Waals surface area contributed by atoms with Crippen molar-refractivity contribution in [1.82, 2.24) is 0 Å². The first kappa shape index (κ1) is 15.9. The number of hydrogen-bond acceptors (Lipinski definition) is 5. The van der Waals surface area contributed by atoms with E-state index in [1.54, 1.807) is 54.6 Å². The number of Topliss-reactive ketones (excluding diaryl/α,β-unsaturated/α-hetero) is 1. The topological polar surface area (TPSA) is 69.7 Å². The second-order valence-electron chi connectivity index (χ2n) is 5.60. The molecule has 0 fully saturated rings. The molecule has 1 aliphatic rings. The van der Waals surface area contributed by atoms with Gasteiger partial charge in [0.05, 0.1) is 0 Å². The summed E-state index contributed by atoms with van der Waals surface area (Å²) in [5, 5.41) is 0. The van der Waals surface area contributed by atoms with E-state index < -0.39 is 29.4 Å². The van der Waals surface area contributed by atoms with E-state index in [0.717, 1.165) is 0 Å². The maximum atomic E-state index is 13.2. The Labute approximate surface area is 139 Å².